The molecule has 0 N–H and O–H groups in total. The normalized spacial score (nSPS) is 8.75. The lowest BCUT2D eigenvalue weighted by molar-refractivity contribution is 0.00781. The van der Waals surface area contributed by atoms with E-state index < -0.39 is 0 Å². The summed E-state index contributed by atoms with van der Waals surface area (Å²) < 4.78 is 10.4. The number of ether oxygens (including phenoxy) is 2. The van der Waals surface area contributed by atoms with Crippen LogP contribution < -0.4 is 0 Å². The molecule has 0 aliphatic rings. The van der Waals surface area contributed by atoms with Crippen molar-refractivity contribution in [2.75, 3.05) is 18.3 Å². The zero-order chi connectivity index (χ0) is 6.41. The molecule has 0 bridgehead atoms. The van der Waals surface area contributed by atoms with Crippen molar-refractivity contribution in [3.8, 4) is 0 Å². The Morgan fingerprint density at radius 1 is 1.75 bits per heavy atom. The van der Waals surface area contributed by atoms with Crippen molar-refractivity contribution in [3.63, 3.8) is 0 Å². The molecule has 0 radical (unpaired) electrons. The maximum Gasteiger partial charge on any atom is 0.188 e. The number of methoxy groups -OCH3 is 1. The highest BCUT2D eigenvalue weighted by Crippen LogP contribution is 1.97. The maximum absolute atomic E-state index is 4.92. The molecule has 0 aliphatic heterocycles. The fourth-order valence-electron chi connectivity index (χ4n) is 0.181. The molecule has 0 aromatic heterocycles. The molecule has 2 nitrogen and oxygen atoms in total. The number of allylic oxidation sites excluding steroid dienone is 1. The Balaban J connectivity index is 2.99. The van der Waals surface area contributed by atoms with Crippen LogP contribution in [0.5, 0.6) is 0 Å². The Hall–Kier alpha value is 0.230. The minimum absolute atomic E-state index is 0.307. The first-order valence-corrected chi connectivity index (χ1v) is 3.69. The molecule has 8 heavy (non-hydrogen) atoms. The van der Waals surface area contributed by atoms with E-state index in [1.165, 1.54) is 0 Å². The van der Waals surface area contributed by atoms with E-state index in [0.29, 0.717) is 6.79 Å². The number of hydrogen-bond donors (Lipinski definition) is 0. The third-order valence-corrected chi connectivity index (χ3v) is 1.38. The first kappa shape index (κ1) is 8.23. The zero-order valence-electron chi connectivity index (χ0n) is 4.82. The lowest BCUT2D eigenvalue weighted by Gasteiger charge is -2.02. The highest BCUT2D eigenvalue weighted by atomic mass is 127. The molecular formula is C5H9IO2. The Morgan fingerprint density at radius 3 is 2.75 bits per heavy atom. The van der Waals surface area contributed by atoms with Gasteiger partial charge in [0.05, 0.1) is 4.43 Å². The largest absolute Gasteiger partial charge is 0.472 e. The number of rotatable bonds is 4. The molecule has 0 rings (SSSR count). The van der Waals surface area contributed by atoms with E-state index in [1.807, 2.05) is 0 Å². The van der Waals surface area contributed by atoms with Gasteiger partial charge in [0.1, 0.15) is 5.76 Å². The molecule has 0 amide bonds. The van der Waals surface area contributed by atoms with Gasteiger partial charge < -0.3 is 9.47 Å². The van der Waals surface area contributed by atoms with Crippen LogP contribution in [0.25, 0.3) is 0 Å². The summed E-state index contributed by atoms with van der Waals surface area (Å²) in [6.45, 7) is 3.91. The molecule has 0 unspecified atom stereocenters. The molecule has 0 fully saturated rings. The van der Waals surface area contributed by atoms with Crippen LogP contribution in [0.3, 0.4) is 0 Å². The predicted molar refractivity (Wildman–Crippen MR) is 41.0 cm³/mol. The molecule has 0 saturated heterocycles. The van der Waals surface area contributed by atoms with Crippen molar-refractivity contribution in [2.24, 2.45) is 0 Å². The van der Waals surface area contributed by atoms with E-state index in [0.717, 1.165) is 10.2 Å². The standard InChI is InChI=1S/C5H9IO2/c1-5(3-6)8-4-7-2/h1,3-4H2,2H3. The molecule has 48 valence electrons. The smallest absolute Gasteiger partial charge is 0.188 e. The van der Waals surface area contributed by atoms with Crippen LogP contribution in [0.4, 0.5) is 0 Å². The SMILES string of the molecule is C=C(CI)OCOC. The average molecular weight is 228 g/mol. The summed E-state index contributed by atoms with van der Waals surface area (Å²) in [7, 11) is 1.58. The van der Waals surface area contributed by atoms with E-state index >= 15 is 0 Å². The van der Waals surface area contributed by atoms with Crippen LogP contribution in [-0.4, -0.2) is 18.3 Å². The van der Waals surface area contributed by atoms with Crippen molar-refractivity contribution in [1.82, 2.24) is 0 Å². The summed E-state index contributed by atoms with van der Waals surface area (Å²) in [6, 6.07) is 0. The predicted octanol–water partition coefficient (Wildman–Crippen LogP) is 1.56. The van der Waals surface area contributed by atoms with Gasteiger partial charge in [0.25, 0.3) is 0 Å². The maximum atomic E-state index is 4.92. The number of alkyl halides is 1. The van der Waals surface area contributed by atoms with Crippen molar-refractivity contribution >= 4 is 22.6 Å². The lowest BCUT2D eigenvalue weighted by Crippen LogP contribution is -1.95. The van der Waals surface area contributed by atoms with Gasteiger partial charge in [0.15, 0.2) is 6.79 Å². The summed E-state index contributed by atoms with van der Waals surface area (Å²) in [5.74, 6) is 0.757. The second kappa shape index (κ2) is 5.37. The van der Waals surface area contributed by atoms with Crippen molar-refractivity contribution < 1.29 is 9.47 Å². The summed E-state index contributed by atoms with van der Waals surface area (Å²) in [6.07, 6.45) is 0. The molecular weight excluding hydrogens is 219 g/mol. The second-order valence-electron chi connectivity index (χ2n) is 1.22. The lowest BCUT2D eigenvalue weighted by atomic mass is 10.7. The minimum Gasteiger partial charge on any atom is -0.472 e. The van der Waals surface area contributed by atoms with Crippen LogP contribution in [0, 0.1) is 0 Å². The minimum atomic E-state index is 0.307. The summed E-state index contributed by atoms with van der Waals surface area (Å²) in [5.41, 5.74) is 0. The Bertz CT molecular complexity index is 72.8. The first-order valence-electron chi connectivity index (χ1n) is 2.16. The average Bonchev–Trinajstić information content (AvgIpc) is 1.83. The van der Waals surface area contributed by atoms with Crippen LogP contribution in [0.15, 0.2) is 12.3 Å². The molecule has 0 aromatic carbocycles. The number of halogens is 1. The van der Waals surface area contributed by atoms with Gasteiger partial charge in [-0.1, -0.05) is 29.2 Å². The van der Waals surface area contributed by atoms with Gasteiger partial charge in [0.2, 0.25) is 0 Å². The fourth-order valence-corrected chi connectivity index (χ4v) is 0.401. The van der Waals surface area contributed by atoms with Gasteiger partial charge in [-0.25, -0.2) is 0 Å². The van der Waals surface area contributed by atoms with Crippen molar-refractivity contribution in [2.45, 2.75) is 0 Å². The third kappa shape index (κ3) is 4.39. The Morgan fingerprint density at radius 2 is 2.38 bits per heavy atom. The van der Waals surface area contributed by atoms with E-state index in [9.17, 15) is 0 Å². The van der Waals surface area contributed by atoms with E-state index in [4.69, 9.17) is 4.74 Å². The monoisotopic (exact) mass is 228 g/mol. The molecule has 0 aliphatic carbocycles. The second-order valence-corrected chi connectivity index (χ2v) is 1.99. The Labute approximate surface area is 63.0 Å². The molecule has 0 spiro atoms. The summed E-state index contributed by atoms with van der Waals surface area (Å²) in [5, 5.41) is 0. The first-order chi connectivity index (χ1) is 3.81. The fraction of sp³-hybridized carbons (Fsp3) is 0.600. The summed E-state index contributed by atoms with van der Waals surface area (Å²) >= 11 is 2.17. The molecule has 0 aromatic rings. The topological polar surface area (TPSA) is 18.5 Å². The van der Waals surface area contributed by atoms with E-state index in [2.05, 4.69) is 33.9 Å². The van der Waals surface area contributed by atoms with Crippen LogP contribution in [0.2, 0.25) is 0 Å². The van der Waals surface area contributed by atoms with E-state index in [-0.39, 0.29) is 0 Å². The molecule has 3 heteroatoms. The van der Waals surface area contributed by atoms with Crippen LogP contribution >= 0.6 is 22.6 Å². The van der Waals surface area contributed by atoms with Gasteiger partial charge in [-0.15, -0.1) is 0 Å². The number of hydrogen-bond acceptors (Lipinski definition) is 2. The van der Waals surface area contributed by atoms with Crippen molar-refractivity contribution in [1.29, 1.82) is 0 Å². The Kier molecular flexibility index (Phi) is 5.52. The van der Waals surface area contributed by atoms with Crippen LogP contribution in [0.1, 0.15) is 0 Å². The third-order valence-electron chi connectivity index (χ3n) is 0.530. The van der Waals surface area contributed by atoms with Crippen molar-refractivity contribution in [3.05, 3.63) is 12.3 Å². The van der Waals surface area contributed by atoms with Crippen LogP contribution in [-0.2, 0) is 9.47 Å². The van der Waals surface area contributed by atoms with Gasteiger partial charge in [-0.3, -0.25) is 0 Å². The highest BCUT2D eigenvalue weighted by molar-refractivity contribution is 14.1. The quantitative estimate of drug-likeness (QED) is 0.314. The summed E-state index contributed by atoms with van der Waals surface area (Å²) in [4.78, 5) is 0. The van der Waals surface area contributed by atoms with Gasteiger partial charge in [-0.2, -0.15) is 0 Å². The molecule has 0 saturated carbocycles. The molecule has 0 heterocycles. The van der Waals surface area contributed by atoms with Gasteiger partial charge >= 0.3 is 0 Å². The highest BCUT2D eigenvalue weighted by Gasteiger charge is 1.86. The zero-order valence-corrected chi connectivity index (χ0v) is 6.97. The van der Waals surface area contributed by atoms with E-state index in [1.54, 1.807) is 7.11 Å². The molecule has 0 atom stereocenters. The van der Waals surface area contributed by atoms with Gasteiger partial charge in [-0.05, 0) is 0 Å². The van der Waals surface area contributed by atoms with Gasteiger partial charge in [0, 0.05) is 7.11 Å².